The Morgan fingerprint density at radius 3 is 2.26 bits per heavy atom. The van der Waals surface area contributed by atoms with E-state index in [1.54, 1.807) is 17.0 Å². The van der Waals surface area contributed by atoms with Gasteiger partial charge in [-0.2, -0.15) is 0 Å². The molecule has 2 rings (SSSR count). The molecular formula is C18H25NO4. The number of rotatable bonds is 6. The summed E-state index contributed by atoms with van der Waals surface area (Å²) in [4.78, 5) is 25.2. The molecule has 1 amide bonds. The van der Waals surface area contributed by atoms with Crippen molar-refractivity contribution in [3.63, 3.8) is 0 Å². The molecule has 0 saturated heterocycles. The highest BCUT2D eigenvalue weighted by Gasteiger charge is 2.45. The van der Waals surface area contributed by atoms with Crippen LogP contribution >= 0.6 is 0 Å². The topological polar surface area (TPSA) is 66.8 Å². The van der Waals surface area contributed by atoms with Crippen LogP contribution in [0.5, 0.6) is 5.75 Å². The number of carboxylic acid groups (broad SMARTS) is 1. The first kappa shape index (κ1) is 17.3. The van der Waals surface area contributed by atoms with Gasteiger partial charge in [-0.1, -0.05) is 6.92 Å². The van der Waals surface area contributed by atoms with Gasteiger partial charge >= 0.3 is 5.97 Å². The van der Waals surface area contributed by atoms with Crippen LogP contribution in [0.4, 0.5) is 0 Å². The van der Waals surface area contributed by atoms with E-state index in [-0.39, 0.29) is 24.0 Å². The average molecular weight is 319 g/mol. The van der Waals surface area contributed by atoms with E-state index in [4.69, 9.17) is 9.84 Å². The number of amides is 1. The van der Waals surface area contributed by atoms with Crippen molar-refractivity contribution in [1.29, 1.82) is 0 Å². The molecule has 1 aliphatic carbocycles. The Morgan fingerprint density at radius 1 is 1.30 bits per heavy atom. The highest BCUT2D eigenvalue weighted by Crippen LogP contribution is 2.49. The van der Waals surface area contributed by atoms with E-state index in [9.17, 15) is 9.59 Å². The van der Waals surface area contributed by atoms with Crippen LogP contribution in [0.2, 0.25) is 0 Å². The zero-order valence-electron chi connectivity index (χ0n) is 14.5. The molecule has 0 heterocycles. The molecule has 1 aliphatic rings. The molecule has 0 aromatic heterocycles. The molecule has 0 bridgehead atoms. The van der Waals surface area contributed by atoms with E-state index in [0.717, 1.165) is 24.0 Å². The monoisotopic (exact) mass is 319 g/mol. The standard InChI is InChI=1S/C18H25NO4/c1-11-8-14(9-12(2)16(11)23-10-15(20)21)17(22)19(5)13(3)18(4)6-7-18/h8-9,13H,6-7,10H2,1-5H3,(H,20,21). The van der Waals surface area contributed by atoms with Crippen LogP contribution < -0.4 is 4.74 Å². The first-order valence-corrected chi connectivity index (χ1v) is 7.89. The quantitative estimate of drug-likeness (QED) is 0.875. The van der Waals surface area contributed by atoms with Gasteiger partial charge in [0.15, 0.2) is 6.61 Å². The maximum Gasteiger partial charge on any atom is 0.341 e. The van der Waals surface area contributed by atoms with Gasteiger partial charge in [0.05, 0.1) is 0 Å². The Labute approximate surface area is 137 Å². The second-order valence-corrected chi connectivity index (χ2v) is 6.87. The van der Waals surface area contributed by atoms with E-state index in [0.29, 0.717) is 11.3 Å². The second kappa shape index (κ2) is 6.22. The van der Waals surface area contributed by atoms with Gasteiger partial charge in [0, 0.05) is 18.7 Å². The van der Waals surface area contributed by atoms with Gasteiger partial charge in [0.1, 0.15) is 5.75 Å². The van der Waals surface area contributed by atoms with Crippen molar-refractivity contribution in [3.8, 4) is 5.75 Å². The lowest BCUT2D eigenvalue weighted by Crippen LogP contribution is -2.40. The van der Waals surface area contributed by atoms with Crippen LogP contribution in [-0.2, 0) is 4.79 Å². The molecule has 5 heteroatoms. The highest BCUT2D eigenvalue weighted by molar-refractivity contribution is 5.95. The number of hydrogen-bond acceptors (Lipinski definition) is 3. The van der Waals surface area contributed by atoms with Crippen LogP contribution in [0, 0.1) is 19.3 Å². The SMILES string of the molecule is Cc1cc(C(=O)N(C)C(C)C2(C)CC2)cc(C)c1OCC(=O)O. The molecule has 1 aromatic carbocycles. The Bertz CT molecular complexity index is 611. The third-order valence-electron chi connectivity index (χ3n) is 5.00. The maximum atomic E-state index is 12.7. The predicted molar refractivity (Wildman–Crippen MR) is 87.9 cm³/mol. The van der Waals surface area contributed by atoms with Crippen LogP contribution in [0.25, 0.3) is 0 Å². The lowest BCUT2D eigenvalue weighted by molar-refractivity contribution is -0.139. The minimum absolute atomic E-state index is 0.0124. The lowest BCUT2D eigenvalue weighted by atomic mass is 9.98. The Balaban J connectivity index is 2.19. The van der Waals surface area contributed by atoms with Gasteiger partial charge in [-0.3, -0.25) is 4.79 Å². The van der Waals surface area contributed by atoms with Crippen molar-refractivity contribution in [2.45, 2.75) is 46.6 Å². The Morgan fingerprint density at radius 2 is 1.83 bits per heavy atom. The summed E-state index contributed by atoms with van der Waals surface area (Å²) in [6.07, 6.45) is 2.32. The largest absolute Gasteiger partial charge is 0.481 e. The molecule has 1 unspecified atom stereocenters. The summed E-state index contributed by atoms with van der Waals surface area (Å²) in [7, 11) is 1.84. The molecule has 23 heavy (non-hydrogen) atoms. The minimum Gasteiger partial charge on any atom is -0.481 e. The van der Waals surface area contributed by atoms with E-state index < -0.39 is 5.97 Å². The van der Waals surface area contributed by atoms with E-state index in [1.165, 1.54) is 0 Å². The fourth-order valence-electron chi connectivity index (χ4n) is 2.90. The number of aryl methyl sites for hydroxylation is 2. The predicted octanol–water partition coefficient (Wildman–Crippen LogP) is 3.03. The van der Waals surface area contributed by atoms with Crippen LogP contribution in [0.1, 0.15) is 48.2 Å². The smallest absolute Gasteiger partial charge is 0.341 e. The van der Waals surface area contributed by atoms with Gasteiger partial charge < -0.3 is 14.7 Å². The summed E-state index contributed by atoms with van der Waals surface area (Å²) in [5.74, 6) is -0.495. The van der Waals surface area contributed by atoms with Crippen molar-refractivity contribution in [1.82, 2.24) is 4.90 Å². The summed E-state index contributed by atoms with van der Waals surface area (Å²) in [5, 5.41) is 8.73. The molecule has 126 valence electrons. The number of ether oxygens (including phenoxy) is 1. The molecule has 1 fully saturated rings. The zero-order valence-corrected chi connectivity index (χ0v) is 14.5. The lowest BCUT2D eigenvalue weighted by Gasteiger charge is -2.30. The third-order valence-corrected chi connectivity index (χ3v) is 5.00. The van der Waals surface area contributed by atoms with Crippen LogP contribution in [-0.4, -0.2) is 41.6 Å². The summed E-state index contributed by atoms with van der Waals surface area (Å²) in [5.41, 5.74) is 2.39. The van der Waals surface area contributed by atoms with Crippen molar-refractivity contribution < 1.29 is 19.4 Å². The van der Waals surface area contributed by atoms with Crippen molar-refractivity contribution in [2.75, 3.05) is 13.7 Å². The van der Waals surface area contributed by atoms with Crippen LogP contribution in [0.15, 0.2) is 12.1 Å². The van der Waals surface area contributed by atoms with Gasteiger partial charge in [-0.25, -0.2) is 4.79 Å². The molecule has 1 N–H and O–H groups in total. The Hall–Kier alpha value is -2.04. The fraction of sp³-hybridized carbons (Fsp3) is 0.556. The average Bonchev–Trinajstić information content (AvgIpc) is 3.22. The number of carbonyl (C=O) groups excluding carboxylic acids is 1. The van der Waals surface area contributed by atoms with Crippen molar-refractivity contribution in [3.05, 3.63) is 28.8 Å². The van der Waals surface area contributed by atoms with E-state index >= 15 is 0 Å². The van der Waals surface area contributed by atoms with Gasteiger partial charge in [0.2, 0.25) is 0 Å². The van der Waals surface area contributed by atoms with Crippen LogP contribution in [0.3, 0.4) is 0 Å². The van der Waals surface area contributed by atoms with Gasteiger partial charge in [-0.05, 0) is 62.3 Å². The third kappa shape index (κ3) is 3.66. The molecule has 5 nitrogen and oxygen atoms in total. The molecule has 0 radical (unpaired) electrons. The van der Waals surface area contributed by atoms with Crippen molar-refractivity contribution in [2.24, 2.45) is 5.41 Å². The van der Waals surface area contributed by atoms with Crippen molar-refractivity contribution >= 4 is 11.9 Å². The summed E-state index contributed by atoms with van der Waals surface area (Å²) < 4.78 is 5.31. The number of hydrogen-bond donors (Lipinski definition) is 1. The Kier molecular flexibility index (Phi) is 4.68. The first-order valence-electron chi connectivity index (χ1n) is 7.89. The second-order valence-electron chi connectivity index (χ2n) is 6.87. The normalized spacial score (nSPS) is 16.6. The zero-order chi connectivity index (χ0) is 17.4. The summed E-state index contributed by atoms with van der Waals surface area (Å²) in [6.45, 7) is 7.57. The number of benzene rings is 1. The maximum absolute atomic E-state index is 12.7. The molecule has 1 atom stereocenters. The fourth-order valence-corrected chi connectivity index (χ4v) is 2.90. The molecule has 0 aliphatic heterocycles. The van der Waals surface area contributed by atoms with E-state index in [1.807, 2.05) is 20.9 Å². The number of carbonyl (C=O) groups is 2. The number of carboxylic acids is 1. The first-order chi connectivity index (χ1) is 10.7. The van der Waals surface area contributed by atoms with E-state index in [2.05, 4.69) is 13.8 Å². The summed E-state index contributed by atoms with van der Waals surface area (Å²) >= 11 is 0. The summed E-state index contributed by atoms with van der Waals surface area (Å²) in [6, 6.07) is 3.73. The molecule has 1 aromatic rings. The van der Waals surface area contributed by atoms with Gasteiger partial charge in [-0.15, -0.1) is 0 Å². The highest BCUT2D eigenvalue weighted by atomic mass is 16.5. The molecule has 1 saturated carbocycles. The number of nitrogens with zero attached hydrogens (tertiary/aromatic N) is 1. The molecule has 0 spiro atoms. The molecular weight excluding hydrogens is 294 g/mol. The van der Waals surface area contributed by atoms with Gasteiger partial charge in [0.25, 0.3) is 5.91 Å². The number of aliphatic carboxylic acids is 1. The minimum atomic E-state index is -1.02.